The van der Waals surface area contributed by atoms with E-state index in [1.54, 1.807) is 6.08 Å². The van der Waals surface area contributed by atoms with Gasteiger partial charge in [-0.15, -0.1) is 5.73 Å². The molecule has 4 fully saturated rings. The highest BCUT2D eigenvalue weighted by Gasteiger charge is 2.58. The van der Waals surface area contributed by atoms with Gasteiger partial charge in [-0.2, -0.15) is 0 Å². The SMILES string of the molecule is C=C=Cc1cc(CC(CC(=O)N2C3CC(N4CCc5ccccc5NC4=O)CC32)C(=O)N2CCC(CCC3CCN(C)CC3)CC2)cc(CC)c1N. The first kappa shape index (κ1) is 36.3. The number of fused-ring (bicyclic) bond motifs is 2. The smallest absolute Gasteiger partial charge is 0.322 e. The fraction of sp³-hybridized carbons (Fsp3) is 0.581. The Labute approximate surface area is 310 Å². The fourth-order valence-corrected chi connectivity index (χ4v) is 9.71. The van der Waals surface area contributed by atoms with E-state index in [9.17, 15) is 14.4 Å². The molecule has 0 spiro atoms. The number of nitrogens with one attached hydrogen (secondary N) is 1. The number of para-hydroxylation sites is 1. The van der Waals surface area contributed by atoms with Gasteiger partial charge in [0.05, 0.1) is 18.0 Å². The van der Waals surface area contributed by atoms with Crippen LogP contribution < -0.4 is 11.1 Å². The second-order valence-electron chi connectivity index (χ2n) is 16.2. The molecule has 3 unspecified atom stereocenters. The summed E-state index contributed by atoms with van der Waals surface area (Å²) < 4.78 is 0. The number of rotatable bonds is 11. The molecular weight excluding hydrogens is 649 g/mol. The zero-order valence-corrected chi connectivity index (χ0v) is 31.3. The quantitative estimate of drug-likeness (QED) is 0.161. The molecule has 2 aromatic rings. The monoisotopic (exact) mass is 706 g/mol. The molecule has 9 nitrogen and oxygen atoms in total. The highest BCUT2D eigenvalue weighted by Crippen LogP contribution is 2.46. The molecule has 0 radical (unpaired) electrons. The molecule has 3 atom stereocenters. The number of amides is 4. The maximum Gasteiger partial charge on any atom is 0.322 e. The van der Waals surface area contributed by atoms with Crippen LogP contribution in [0.2, 0.25) is 0 Å². The number of carbonyl (C=O) groups is 3. The van der Waals surface area contributed by atoms with Crippen LogP contribution in [0.3, 0.4) is 0 Å². The Hall–Kier alpha value is -4.07. The lowest BCUT2D eigenvalue weighted by atomic mass is 9.84. The van der Waals surface area contributed by atoms with Crippen molar-refractivity contribution in [3.05, 3.63) is 71.0 Å². The standard InChI is InChI=1S/C43H58N6O3/c1-4-8-34-24-31(23-32(5-2)41(34)44)25-35(42(51)47-20-15-30(16-21-47)12-11-29-13-18-46(3)19-14-29)26-40(50)49-38-27-36(28-39(38)49)48-22-17-33-9-6-7-10-37(33)45-43(48)52/h6-10,23-24,29-30,35-36,38-39H,1,5,11-22,25-28,44H2,2-3H3,(H,45,52). The van der Waals surface area contributed by atoms with Crippen molar-refractivity contribution in [3.63, 3.8) is 0 Å². The van der Waals surface area contributed by atoms with Crippen LogP contribution >= 0.6 is 0 Å². The normalized spacial score (nSPS) is 24.4. The van der Waals surface area contributed by atoms with Gasteiger partial charge in [-0.25, -0.2) is 4.79 Å². The van der Waals surface area contributed by atoms with E-state index >= 15 is 0 Å². The first-order valence-electron chi connectivity index (χ1n) is 19.9. The van der Waals surface area contributed by atoms with Gasteiger partial charge >= 0.3 is 6.03 Å². The number of piperidine rings is 3. The van der Waals surface area contributed by atoms with Crippen molar-refractivity contribution < 1.29 is 14.4 Å². The summed E-state index contributed by atoms with van der Waals surface area (Å²) in [6.07, 6.45) is 12.9. The Morgan fingerprint density at radius 2 is 1.67 bits per heavy atom. The lowest BCUT2D eigenvalue weighted by Gasteiger charge is -2.35. The lowest BCUT2D eigenvalue weighted by Crippen LogP contribution is -2.44. The molecule has 5 aliphatic rings. The number of hydrogen-bond acceptors (Lipinski definition) is 5. The molecule has 3 N–H and O–H groups in total. The number of benzene rings is 2. The van der Waals surface area contributed by atoms with Crippen LogP contribution in [-0.4, -0.2) is 95.3 Å². The molecule has 0 aromatic heterocycles. The number of nitrogen functional groups attached to an aromatic ring is 1. The van der Waals surface area contributed by atoms with Crippen molar-refractivity contribution in [1.29, 1.82) is 0 Å². The van der Waals surface area contributed by atoms with Crippen LogP contribution in [0.5, 0.6) is 0 Å². The lowest BCUT2D eigenvalue weighted by molar-refractivity contribution is -0.141. The summed E-state index contributed by atoms with van der Waals surface area (Å²) in [7, 11) is 2.22. The van der Waals surface area contributed by atoms with Gasteiger partial charge in [-0.3, -0.25) is 9.59 Å². The van der Waals surface area contributed by atoms with Crippen molar-refractivity contribution in [2.75, 3.05) is 50.8 Å². The largest absolute Gasteiger partial charge is 0.398 e. The van der Waals surface area contributed by atoms with E-state index in [0.717, 1.165) is 91.2 Å². The maximum atomic E-state index is 14.4. The average Bonchev–Trinajstić information content (AvgIpc) is 3.72. The van der Waals surface area contributed by atoms with Crippen LogP contribution in [0.4, 0.5) is 16.2 Å². The van der Waals surface area contributed by atoms with Crippen molar-refractivity contribution in [2.45, 2.75) is 102 Å². The number of hydrogen-bond donors (Lipinski definition) is 2. The second-order valence-corrected chi connectivity index (χ2v) is 16.2. The van der Waals surface area contributed by atoms with E-state index in [1.807, 2.05) is 39.0 Å². The Kier molecular flexibility index (Phi) is 11.1. The van der Waals surface area contributed by atoms with E-state index in [1.165, 1.54) is 38.8 Å². The predicted octanol–water partition coefficient (Wildman–Crippen LogP) is 6.37. The van der Waals surface area contributed by atoms with Gasteiger partial charge in [0.25, 0.3) is 0 Å². The van der Waals surface area contributed by atoms with Crippen molar-refractivity contribution >= 4 is 35.3 Å². The molecule has 2 aromatic carbocycles. The average molecular weight is 707 g/mol. The molecule has 52 heavy (non-hydrogen) atoms. The Balaban J connectivity index is 0.991. The summed E-state index contributed by atoms with van der Waals surface area (Å²) in [5.74, 6) is 1.23. The van der Waals surface area contributed by atoms with E-state index < -0.39 is 5.92 Å². The number of carbonyl (C=O) groups excluding carboxylic acids is 3. The number of nitrogens with zero attached hydrogens (tertiary/aromatic N) is 4. The van der Waals surface area contributed by atoms with Crippen LogP contribution in [0.25, 0.3) is 6.08 Å². The van der Waals surface area contributed by atoms with Gasteiger partial charge in [-0.1, -0.05) is 50.6 Å². The summed E-state index contributed by atoms with van der Waals surface area (Å²) in [5.41, 5.74) is 15.0. The third kappa shape index (κ3) is 7.96. The summed E-state index contributed by atoms with van der Waals surface area (Å²) in [5, 5.41) is 3.10. The molecule has 7 rings (SSSR count). The number of anilines is 2. The molecular formula is C43H58N6O3. The van der Waals surface area contributed by atoms with Crippen LogP contribution in [0.1, 0.15) is 87.0 Å². The molecule has 3 saturated heterocycles. The van der Waals surface area contributed by atoms with Crippen molar-refractivity contribution in [1.82, 2.24) is 19.6 Å². The minimum atomic E-state index is -0.441. The van der Waals surface area contributed by atoms with E-state index in [2.05, 4.69) is 48.6 Å². The van der Waals surface area contributed by atoms with E-state index in [4.69, 9.17) is 5.73 Å². The molecule has 9 heteroatoms. The van der Waals surface area contributed by atoms with Crippen LogP contribution in [0, 0.1) is 17.8 Å². The van der Waals surface area contributed by atoms with Crippen LogP contribution in [-0.2, 0) is 28.9 Å². The number of aryl methyl sites for hydroxylation is 1. The topological polar surface area (TPSA) is 102 Å². The molecule has 4 aliphatic heterocycles. The molecule has 4 heterocycles. The minimum absolute atomic E-state index is 0.0500. The summed E-state index contributed by atoms with van der Waals surface area (Å²) in [4.78, 5) is 50.0. The summed E-state index contributed by atoms with van der Waals surface area (Å²) in [6, 6.07) is 12.5. The number of urea groups is 1. The Morgan fingerprint density at radius 3 is 2.35 bits per heavy atom. The summed E-state index contributed by atoms with van der Waals surface area (Å²) in [6.45, 7) is 10.5. The van der Waals surface area contributed by atoms with Gasteiger partial charge in [0, 0.05) is 49.0 Å². The molecule has 278 valence electrons. The highest BCUT2D eigenvalue weighted by atomic mass is 16.2. The molecule has 1 saturated carbocycles. The molecule has 4 amide bonds. The molecule has 0 bridgehead atoms. The van der Waals surface area contributed by atoms with Crippen LogP contribution in [0.15, 0.2) is 48.7 Å². The second kappa shape index (κ2) is 15.9. The predicted molar refractivity (Wildman–Crippen MR) is 208 cm³/mol. The van der Waals surface area contributed by atoms with Gasteiger partial charge in [0.2, 0.25) is 11.8 Å². The van der Waals surface area contributed by atoms with Gasteiger partial charge in [-0.05, 0) is 125 Å². The Bertz CT molecular complexity index is 1670. The Morgan fingerprint density at radius 1 is 1.00 bits per heavy atom. The molecule has 1 aliphatic carbocycles. The van der Waals surface area contributed by atoms with Gasteiger partial charge in [0.15, 0.2) is 0 Å². The van der Waals surface area contributed by atoms with Crippen molar-refractivity contribution in [3.8, 4) is 0 Å². The minimum Gasteiger partial charge on any atom is -0.398 e. The third-order valence-electron chi connectivity index (χ3n) is 13.0. The van der Waals surface area contributed by atoms with E-state index in [0.29, 0.717) is 18.9 Å². The fourth-order valence-electron chi connectivity index (χ4n) is 9.71. The number of likely N-dealkylation sites (tertiary alicyclic amines) is 3. The van der Waals surface area contributed by atoms with Gasteiger partial charge < -0.3 is 30.7 Å². The van der Waals surface area contributed by atoms with Crippen molar-refractivity contribution in [2.24, 2.45) is 17.8 Å². The number of nitrogens with two attached hydrogens (primary N) is 1. The third-order valence-corrected chi connectivity index (χ3v) is 13.0. The van der Waals surface area contributed by atoms with Gasteiger partial charge in [0.1, 0.15) is 0 Å². The summed E-state index contributed by atoms with van der Waals surface area (Å²) >= 11 is 0. The first-order chi connectivity index (χ1) is 25.2. The van der Waals surface area contributed by atoms with E-state index in [-0.39, 0.29) is 42.4 Å². The zero-order chi connectivity index (χ0) is 36.4. The zero-order valence-electron chi connectivity index (χ0n) is 31.3. The maximum absolute atomic E-state index is 14.4. The first-order valence-corrected chi connectivity index (χ1v) is 19.9. The highest BCUT2D eigenvalue weighted by molar-refractivity contribution is 5.91.